The molecule has 0 radical (unpaired) electrons. The summed E-state index contributed by atoms with van der Waals surface area (Å²) >= 11 is 0. The van der Waals surface area contributed by atoms with Crippen molar-refractivity contribution in [1.29, 1.82) is 0 Å². The highest BCUT2D eigenvalue weighted by Gasteiger charge is 2.25. The zero-order valence-corrected chi connectivity index (χ0v) is 18.6. The topological polar surface area (TPSA) is 143 Å². The summed E-state index contributed by atoms with van der Waals surface area (Å²) < 4.78 is 37.5. The predicted molar refractivity (Wildman–Crippen MR) is 119 cm³/mol. The van der Waals surface area contributed by atoms with E-state index in [9.17, 15) is 13.2 Å². The Morgan fingerprint density at radius 3 is 2.59 bits per heavy atom. The smallest absolute Gasteiger partial charge is 0.404 e. The highest BCUT2D eigenvalue weighted by molar-refractivity contribution is 7.92. The zero-order chi connectivity index (χ0) is 22.7. The van der Waals surface area contributed by atoms with E-state index in [1.54, 1.807) is 6.07 Å². The summed E-state index contributed by atoms with van der Waals surface area (Å²) in [6.45, 7) is 2.64. The van der Waals surface area contributed by atoms with Gasteiger partial charge in [0, 0.05) is 25.2 Å². The van der Waals surface area contributed by atoms with Crippen molar-refractivity contribution in [3.05, 3.63) is 18.3 Å². The van der Waals surface area contributed by atoms with E-state index in [4.69, 9.17) is 19.6 Å². The fraction of sp³-hybridized carbons (Fsp3) is 0.550. The number of carbonyl (C=O) groups is 1. The molecule has 0 spiro atoms. The van der Waals surface area contributed by atoms with Crippen LogP contribution in [0.1, 0.15) is 25.7 Å². The normalized spacial score (nSPS) is 21.8. The number of anilines is 2. The van der Waals surface area contributed by atoms with E-state index in [1.807, 2.05) is 6.07 Å². The summed E-state index contributed by atoms with van der Waals surface area (Å²) in [6, 6.07) is 3.46. The summed E-state index contributed by atoms with van der Waals surface area (Å²) in [5, 5.41) is 12.1. The summed E-state index contributed by atoms with van der Waals surface area (Å²) in [5.74, 6) is 1.12. The van der Waals surface area contributed by atoms with Crippen molar-refractivity contribution in [1.82, 2.24) is 15.3 Å². The Hall–Kier alpha value is -2.86. The van der Waals surface area contributed by atoms with Gasteiger partial charge in [0.1, 0.15) is 11.9 Å². The first kappa shape index (κ1) is 22.3. The molecule has 2 aromatic rings. The Morgan fingerprint density at radius 1 is 1.22 bits per heavy atom. The van der Waals surface area contributed by atoms with Crippen LogP contribution in [0.15, 0.2) is 18.3 Å². The van der Waals surface area contributed by atoms with Crippen molar-refractivity contribution in [2.45, 2.75) is 37.8 Å². The van der Waals surface area contributed by atoms with Crippen LogP contribution < -0.4 is 19.7 Å². The number of morpholine rings is 1. The first-order valence-electron chi connectivity index (χ1n) is 10.5. The summed E-state index contributed by atoms with van der Waals surface area (Å²) in [7, 11) is -3.46. The standard InChI is InChI=1S/C20H27N5O6S/c1-32(28,29)24-14-10-16-17(21-12-14)11-18(25-6-8-30-9-7-25)23-19(16)31-15-4-2-13(3-5-15)22-20(26)27/h10-13,15,22,24H,2-9H2,1H3,(H,26,27). The van der Waals surface area contributed by atoms with Crippen molar-refractivity contribution < 1.29 is 27.8 Å². The van der Waals surface area contributed by atoms with Gasteiger partial charge in [-0.3, -0.25) is 9.71 Å². The number of fused-ring (bicyclic) bond motifs is 1. The van der Waals surface area contributed by atoms with Gasteiger partial charge in [0.2, 0.25) is 15.9 Å². The maximum atomic E-state index is 11.7. The fourth-order valence-electron chi connectivity index (χ4n) is 4.05. The maximum Gasteiger partial charge on any atom is 0.404 e. The quantitative estimate of drug-likeness (QED) is 0.582. The molecule has 3 N–H and O–H groups in total. The number of hydrogen-bond acceptors (Lipinski definition) is 8. The molecule has 2 aliphatic rings. The molecule has 0 bridgehead atoms. The number of ether oxygens (including phenoxy) is 2. The minimum atomic E-state index is -3.46. The lowest BCUT2D eigenvalue weighted by atomic mass is 9.93. The molecule has 0 atom stereocenters. The van der Waals surface area contributed by atoms with Gasteiger partial charge in [-0.15, -0.1) is 0 Å². The van der Waals surface area contributed by atoms with Crippen LogP contribution in [-0.2, 0) is 14.8 Å². The molecule has 2 aromatic heterocycles. The number of pyridine rings is 2. The van der Waals surface area contributed by atoms with E-state index in [0.717, 1.165) is 12.1 Å². The molecule has 11 nitrogen and oxygen atoms in total. The van der Waals surface area contributed by atoms with Crippen molar-refractivity contribution in [3.63, 3.8) is 0 Å². The number of amides is 1. The van der Waals surface area contributed by atoms with E-state index < -0.39 is 16.1 Å². The Bertz CT molecular complexity index is 1080. The molecule has 1 saturated heterocycles. The molecule has 1 aliphatic heterocycles. The number of rotatable bonds is 6. The van der Waals surface area contributed by atoms with Gasteiger partial charge in [-0.2, -0.15) is 4.98 Å². The molecule has 0 aromatic carbocycles. The molecule has 174 valence electrons. The first-order chi connectivity index (χ1) is 15.3. The number of aromatic nitrogens is 2. The van der Waals surface area contributed by atoms with Crippen LogP contribution in [0.25, 0.3) is 10.9 Å². The van der Waals surface area contributed by atoms with Crippen LogP contribution in [0.4, 0.5) is 16.3 Å². The van der Waals surface area contributed by atoms with Crippen LogP contribution in [0.2, 0.25) is 0 Å². The Balaban J connectivity index is 1.62. The molecule has 2 fully saturated rings. The van der Waals surface area contributed by atoms with E-state index in [1.165, 1.54) is 6.20 Å². The Kier molecular flexibility index (Phi) is 6.51. The lowest BCUT2D eigenvalue weighted by molar-refractivity contribution is 0.121. The van der Waals surface area contributed by atoms with Gasteiger partial charge in [-0.05, 0) is 31.7 Å². The monoisotopic (exact) mass is 465 g/mol. The predicted octanol–water partition coefficient (Wildman–Crippen LogP) is 1.80. The maximum absolute atomic E-state index is 11.7. The summed E-state index contributed by atoms with van der Waals surface area (Å²) in [5.41, 5.74) is 0.983. The zero-order valence-electron chi connectivity index (χ0n) is 17.8. The molecule has 1 aliphatic carbocycles. The van der Waals surface area contributed by atoms with E-state index in [0.29, 0.717) is 74.5 Å². The van der Waals surface area contributed by atoms with Crippen LogP contribution in [-0.4, -0.2) is 74.3 Å². The molecule has 0 unspecified atom stereocenters. The second-order valence-corrected chi connectivity index (χ2v) is 9.84. The largest absolute Gasteiger partial charge is 0.474 e. The third-order valence-corrected chi connectivity index (χ3v) is 6.16. The summed E-state index contributed by atoms with van der Waals surface area (Å²) in [6.07, 6.45) is 4.14. The molecule has 12 heteroatoms. The third-order valence-electron chi connectivity index (χ3n) is 5.55. The molecule has 3 heterocycles. The van der Waals surface area contributed by atoms with Crippen molar-refractivity contribution >= 4 is 38.5 Å². The van der Waals surface area contributed by atoms with Gasteiger partial charge in [0.15, 0.2) is 0 Å². The number of sulfonamides is 1. The molecular formula is C20H27N5O6S. The second-order valence-electron chi connectivity index (χ2n) is 8.09. The molecule has 4 rings (SSSR count). The molecule has 32 heavy (non-hydrogen) atoms. The van der Waals surface area contributed by atoms with E-state index in [2.05, 4.69) is 19.9 Å². The van der Waals surface area contributed by atoms with Crippen LogP contribution in [0.5, 0.6) is 5.88 Å². The number of nitrogens with zero attached hydrogens (tertiary/aromatic N) is 3. The lowest BCUT2D eigenvalue weighted by Gasteiger charge is -2.30. The average Bonchev–Trinajstić information content (AvgIpc) is 2.74. The average molecular weight is 466 g/mol. The Morgan fingerprint density at radius 2 is 1.94 bits per heavy atom. The van der Waals surface area contributed by atoms with Gasteiger partial charge in [0.05, 0.1) is 42.3 Å². The molecule has 1 amide bonds. The summed E-state index contributed by atoms with van der Waals surface area (Å²) in [4.78, 5) is 22.2. The SMILES string of the molecule is CS(=O)(=O)Nc1cnc2cc(N3CCOCC3)nc(OC3CCC(NC(=O)O)CC3)c2c1. The van der Waals surface area contributed by atoms with Crippen LogP contribution >= 0.6 is 0 Å². The van der Waals surface area contributed by atoms with Crippen LogP contribution in [0.3, 0.4) is 0 Å². The number of carboxylic acid groups (broad SMARTS) is 1. The van der Waals surface area contributed by atoms with E-state index >= 15 is 0 Å². The molecule has 1 saturated carbocycles. The number of hydrogen-bond donors (Lipinski definition) is 3. The highest BCUT2D eigenvalue weighted by atomic mass is 32.2. The van der Waals surface area contributed by atoms with Gasteiger partial charge < -0.3 is 24.8 Å². The van der Waals surface area contributed by atoms with Gasteiger partial charge in [0.25, 0.3) is 0 Å². The Labute approximate surface area is 186 Å². The van der Waals surface area contributed by atoms with Crippen molar-refractivity contribution in [2.75, 3.05) is 42.2 Å². The minimum absolute atomic E-state index is 0.0797. The van der Waals surface area contributed by atoms with E-state index in [-0.39, 0.29) is 12.1 Å². The molecular weight excluding hydrogens is 438 g/mol. The van der Waals surface area contributed by atoms with Gasteiger partial charge in [-0.25, -0.2) is 13.2 Å². The lowest BCUT2D eigenvalue weighted by Crippen LogP contribution is -2.39. The third kappa shape index (κ3) is 5.68. The first-order valence-corrected chi connectivity index (χ1v) is 12.4. The van der Waals surface area contributed by atoms with Gasteiger partial charge in [-0.1, -0.05) is 0 Å². The fourth-order valence-corrected chi connectivity index (χ4v) is 4.59. The number of nitrogens with one attached hydrogen (secondary N) is 2. The van der Waals surface area contributed by atoms with Crippen molar-refractivity contribution in [2.24, 2.45) is 0 Å². The highest BCUT2D eigenvalue weighted by Crippen LogP contribution is 2.32. The van der Waals surface area contributed by atoms with Gasteiger partial charge >= 0.3 is 6.09 Å². The van der Waals surface area contributed by atoms with Crippen molar-refractivity contribution in [3.8, 4) is 5.88 Å². The van der Waals surface area contributed by atoms with Crippen LogP contribution in [0, 0.1) is 0 Å². The minimum Gasteiger partial charge on any atom is -0.474 e. The second kappa shape index (κ2) is 9.33.